The van der Waals surface area contributed by atoms with Crippen molar-refractivity contribution in [3.63, 3.8) is 0 Å². The number of hydrogen-bond acceptors (Lipinski definition) is 3. The quantitative estimate of drug-likeness (QED) is 0.727. The van der Waals surface area contributed by atoms with E-state index < -0.39 is 11.0 Å². The van der Waals surface area contributed by atoms with E-state index in [2.05, 4.69) is 12.2 Å². The molecule has 4 N–H and O–H groups in total. The van der Waals surface area contributed by atoms with Gasteiger partial charge in [0.05, 0.1) is 11.0 Å². The summed E-state index contributed by atoms with van der Waals surface area (Å²) in [6.45, 7) is 4.55. The summed E-state index contributed by atoms with van der Waals surface area (Å²) in [5.74, 6) is 0.710. The Balaban J connectivity index is 1.86. The molecule has 19 heavy (non-hydrogen) atoms. The molecule has 0 spiro atoms. The molecule has 0 aromatic heterocycles. The van der Waals surface area contributed by atoms with Crippen molar-refractivity contribution in [2.75, 3.05) is 6.54 Å². The first-order valence-corrected chi connectivity index (χ1v) is 7.62. The topological polar surface area (TPSA) is 75.3 Å². The standard InChI is InChI=1S/C15H28N2O2/c1-11-5-8-15(19,9-6-11)10-17-13(18)14(2)7-3-4-12(14)16/h11-12,19H,3-10,16H2,1-2H3,(H,17,18). The lowest BCUT2D eigenvalue weighted by molar-refractivity contribution is -0.132. The number of aliphatic hydroxyl groups is 1. The van der Waals surface area contributed by atoms with Crippen LogP contribution < -0.4 is 11.1 Å². The lowest BCUT2D eigenvalue weighted by Crippen LogP contribution is -2.52. The Labute approximate surface area is 116 Å². The Hall–Kier alpha value is -0.610. The lowest BCUT2D eigenvalue weighted by atomic mass is 9.79. The first-order chi connectivity index (χ1) is 8.86. The molecular formula is C15H28N2O2. The molecule has 110 valence electrons. The highest BCUT2D eigenvalue weighted by molar-refractivity contribution is 5.83. The van der Waals surface area contributed by atoms with Gasteiger partial charge in [-0.2, -0.15) is 0 Å². The smallest absolute Gasteiger partial charge is 0.227 e. The van der Waals surface area contributed by atoms with Gasteiger partial charge in [0.15, 0.2) is 0 Å². The van der Waals surface area contributed by atoms with Crippen molar-refractivity contribution >= 4 is 5.91 Å². The van der Waals surface area contributed by atoms with Crippen molar-refractivity contribution in [1.29, 1.82) is 0 Å². The van der Waals surface area contributed by atoms with E-state index in [-0.39, 0.29) is 11.9 Å². The van der Waals surface area contributed by atoms with E-state index in [1.54, 1.807) is 0 Å². The molecule has 1 amide bonds. The molecule has 4 heteroatoms. The fraction of sp³-hybridized carbons (Fsp3) is 0.933. The second kappa shape index (κ2) is 5.41. The zero-order chi connectivity index (χ0) is 14.1. The van der Waals surface area contributed by atoms with Crippen LogP contribution in [0.2, 0.25) is 0 Å². The van der Waals surface area contributed by atoms with Gasteiger partial charge in [0.25, 0.3) is 0 Å². The molecule has 2 saturated carbocycles. The highest BCUT2D eigenvalue weighted by Crippen LogP contribution is 2.37. The van der Waals surface area contributed by atoms with E-state index in [1.807, 2.05) is 6.92 Å². The Bertz CT molecular complexity index is 337. The van der Waals surface area contributed by atoms with Gasteiger partial charge in [0, 0.05) is 12.6 Å². The van der Waals surface area contributed by atoms with Gasteiger partial charge in [-0.25, -0.2) is 0 Å². The molecule has 0 radical (unpaired) electrons. The Morgan fingerprint density at radius 2 is 1.95 bits per heavy atom. The average Bonchev–Trinajstić information content (AvgIpc) is 2.72. The summed E-state index contributed by atoms with van der Waals surface area (Å²) in [5, 5.41) is 13.4. The molecule has 0 saturated heterocycles. The SMILES string of the molecule is CC1CCC(O)(CNC(=O)C2(C)CCCC2N)CC1. The fourth-order valence-corrected chi connectivity index (χ4v) is 3.40. The minimum atomic E-state index is -0.707. The maximum absolute atomic E-state index is 12.3. The number of carbonyl (C=O) groups excluding carboxylic acids is 1. The Morgan fingerprint density at radius 1 is 1.32 bits per heavy atom. The molecule has 0 bridgehead atoms. The number of rotatable bonds is 3. The van der Waals surface area contributed by atoms with E-state index in [0.717, 1.165) is 44.9 Å². The molecule has 2 unspecified atom stereocenters. The molecule has 0 aromatic rings. The third-order valence-corrected chi connectivity index (χ3v) is 5.33. The number of amides is 1. The molecule has 2 atom stereocenters. The summed E-state index contributed by atoms with van der Waals surface area (Å²) in [6.07, 6.45) is 6.47. The normalized spacial score (nSPS) is 43.2. The van der Waals surface area contributed by atoms with Gasteiger partial charge in [0.1, 0.15) is 0 Å². The average molecular weight is 268 g/mol. The van der Waals surface area contributed by atoms with Gasteiger partial charge in [-0.1, -0.05) is 13.3 Å². The third kappa shape index (κ3) is 3.11. The van der Waals surface area contributed by atoms with Crippen LogP contribution in [0.4, 0.5) is 0 Å². The van der Waals surface area contributed by atoms with E-state index in [0.29, 0.717) is 12.5 Å². The van der Waals surface area contributed by atoms with Crippen LogP contribution in [0.3, 0.4) is 0 Å². The summed E-state index contributed by atoms with van der Waals surface area (Å²) in [7, 11) is 0. The Morgan fingerprint density at radius 3 is 2.47 bits per heavy atom. The minimum Gasteiger partial charge on any atom is -0.388 e. The number of nitrogens with two attached hydrogens (primary N) is 1. The highest BCUT2D eigenvalue weighted by atomic mass is 16.3. The summed E-state index contributed by atoms with van der Waals surface area (Å²) < 4.78 is 0. The minimum absolute atomic E-state index is 0.0181. The van der Waals surface area contributed by atoms with E-state index in [4.69, 9.17) is 5.73 Å². The number of hydrogen-bond donors (Lipinski definition) is 3. The van der Waals surface area contributed by atoms with Crippen molar-refractivity contribution in [3.8, 4) is 0 Å². The van der Waals surface area contributed by atoms with Crippen LogP contribution in [0, 0.1) is 11.3 Å². The molecule has 2 fully saturated rings. The van der Waals surface area contributed by atoms with Crippen LogP contribution in [-0.2, 0) is 4.79 Å². The van der Waals surface area contributed by atoms with Crippen LogP contribution in [-0.4, -0.2) is 29.2 Å². The lowest BCUT2D eigenvalue weighted by Gasteiger charge is -2.36. The van der Waals surface area contributed by atoms with Crippen LogP contribution in [0.15, 0.2) is 0 Å². The summed E-state index contributed by atoms with van der Waals surface area (Å²) in [5.41, 5.74) is 4.90. The maximum Gasteiger partial charge on any atom is 0.227 e. The first-order valence-electron chi connectivity index (χ1n) is 7.62. The maximum atomic E-state index is 12.3. The molecule has 2 aliphatic rings. The molecule has 0 aliphatic heterocycles. The molecule has 0 heterocycles. The van der Waals surface area contributed by atoms with Gasteiger partial charge in [-0.15, -0.1) is 0 Å². The predicted molar refractivity (Wildman–Crippen MR) is 75.5 cm³/mol. The molecular weight excluding hydrogens is 240 g/mol. The van der Waals surface area contributed by atoms with Crippen LogP contribution in [0.1, 0.15) is 58.8 Å². The van der Waals surface area contributed by atoms with Crippen molar-refractivity contribution in [2.24, 2.45) is 17.1 Å². The Kier molecular flexibility index (Phi) is 4.21. The van der Waals surface area contributed by atoms with Crippen molar-refractivity contribution < 1.29 is 9.90 Å². The van der Waals surface area contributed by atoms with E-state index in [9.17, 15) is 9.90 Å². The fourth-order valence-electron chi connectivity index (χ4n) is 3.40. The van der Waals surface area contributed by atoms with Crippen molar-refractivity contribution in [1.82, 2.24) is 5.32 Å². The van der Waals surface area contributed by atoms with Crippen molar-refractivity contribution in [3.05, 3.63) is 0 Å². The van der Waals surface area contributed by atoms with Gasteiger partial charge in [-0.3, -0.25) is 4.79 Å². The zero-order valence-electron chi connectivity index (χ0n) is 12.2. The molecule has 2 rings (SSSR count). The predicted octanol–water partition coefficient (Wildman–Crippen LogP) is 1.56. The molecule has 2 aliphatic carbocycles. The number of nitrogens with one attached hydrogen (secondary N) is 1. The van der Waals surface area contributed by atoms with E-state index in [1.165, 1.54) is 0 Å². The van der Waals surface area contributed by atoms with Gasteiger partial charge in [0.2, 0.25) is 5.91 Å². The zero-order valence-corrected chi connectivity index (χ0v) is 12.2. The third-order valence-electron chi connectivity index (χ3n) is 5.33. The second-order valence-corrected chi connectivity index (χ2v) is 7.01. The van der Waals surface area contributed by atoms with Crippen molar-refractivity contribution in [2.45, 2.75) is 70.4 Å². The largest absolute Gasteiger partial charge is 0.388 e. The van der Waals surface area contributed by atoms with Gasteiger partial charge < -0.3 is 16.2 Å². The van der Waals surface area contributed by atoms with Gasteiger partial charge in [-0.05, 0) is 51.4 Å². The first kappa shape index (κ1) is 14.8. The summed E-state index contributed by atoms with van der Waals surface area (Å²) >= 11 is 0. The summed E-state index contributed by atoms with van der Waals surface area (Å²) in [6, 6.07) is -0.0477. The van der Waals surface area contributed by atoms with Crippen LogP contribution >= 0.6 is 0 Å². The van der Waals surface area contributed by atoms with Crippen LogP contribution in [0.5, 0.6) is 0 Å². The monoisotopic (exact) mass is 268 g/mol. The van der Waals surface area contributed by atoms with Crippen LogP contribution in [0.25, 0.3) is 0 Å². The number of carbonyl (C=O) groups is 1. The van der Waals surface area contributed by atoms with E-state index >= 15 is 0 Å². The molecule has 0 aromatic carbocycles. The second-order valence-electron chi connectivity index (χ2n) is 7.01. The highest BCUT2D eigenvalue weighted by Gasteiger charge is 2.43. The van der Waals surface area contributed by atoms with Gasteiger partial charge >= 0.3 is 0 Å². The molecule has 4 nitrogen and oxygen atoms in total. The summed E-state index contributed by atoms with van der Waals surface area (Å²) in [4.78, 5) is 12.3.